The highest BCUT2D eigenvalue weighted by Gasteiger charge is 2.24. The van der Waals surface area contributed by atoms with Crippen molar-refractivity contribution in [3.05, 3.63) is 59.7 Å². The van der Waals surface area contributed by atoms with E-state index in [-0.39, 0.29) is 30.0 Å². The van der Waals surface area contributed by atoms with Crippen LogP contribution in [0.2, 0.25) is 0 Å². The van der Waals surface area contributed by atoms with Crippen LogP contribution in [0.5, 0.6) is 11.5 Å². The van der Waals surface area contributed by atoms with Crippen molar-refractivity contribution in [1.29, 1.82) is 5.26 Å². The molecule has 0 bridgehead atoms. The quantitative estimate of drug-likeness (QED) is 0.416. The molecular formula is C27H31N3O4. The van der Waals surface area contributed by atoms with Gasteiger partial charge in [-0.1, -0.05) is 44.0 Å². The summed E-state index contributed by atoms with van der Waals surface area (Å²) in [6.45, 7) is 4.18. The lowest BCUT2D eigenvalue weighted by molar-refractivity contribution is -0.119. The van der Waals surface area contributed by atoms with Crippen molar-refractivity contribution in [2.45, 2.75) is 45.6 Å². The molecule has 34 heavy (non-hydrogen) atoms. The van der Waals surface area contributed by atoms with E-state index in [9.17, 15) is 14.9 Å². The number of ether oxygens (including phenoxy) is 2. The third-order valence-electron chi connectivity index (χ3n) is 5.79. The molecule has 0 saturated heterocycles. The van der Waals surface area contributed by atoms with Crippen molar-refractivity contribution in [2.75, 3.05) is 18.5 Å². The fourth-order valence-electron chi connectivity index (χ4n) is 3.96. The maximum absolute atomic E-state index is 12.7. The van der Waals surface area contributed by atoms with Crippen molar-refractivity contribution >= 4 is 23.6 Å². The molecule has 0 spiro atoms. The molecule has 2 unspecified atom stereocenters. The monoisotopic (exact) mass is 461 g/mol. The molecule has 1 saturated carbocycles. The number of carbonyl (C=O) groups excluding carboxylic acids is 2. The molecule has 0 aliphatic heterocycles. The van der Waals surface area contributed by atoms with Crippen LogP contribution in [0.4, 0.5) is 5.69 Å². The van der Waals surface area contributed by atoms with Crippen LogP contribution in [-0.2, 0) is 9.59 Å². The molecule has 1 fully saturated rings. The third-order valence-corrected chi connectivity index (χ3v) is 5.79. The second-order valence-electron chi connectivity index (χ2n) is 8.35. The number of amides is 2. The summed E-state index contributed by atoms with van der Waals surface area (Å²) in [7, 11) is 0. The lowest BCUT2D eigenvalue weighted by atomic mass is 9.86. The standard InChI is InChI=1S/C27H31N3O4/c1-3-33-25-16-20(15-21(17-28)27(32)30-23-12-8-7-9-19(23)2)13-14-24(25)34-18-26(31)29-22-10-5-4-6-11-22/h4-6,10-11,13-16,19,23H,3,7-9,12,18H2,1-2H3,(H,29,31)(H,30,32). The summed E-state index contributed by atoms with van der Waals surface area (Å²) in [6, 6.07) is 16.3. The first-order valence-electron chi connectivity index (χ1n) is 11.7. The Morgan fingerprint density at radius 1 is 1.09 bits per heavy atom. The molecule has 2 aromatic rings. The average Bonchev–Trinajstić information content (AvgIpc) is 2.84. The first-order valence-corrected chi connectivity index (χ1v) is 11.7. The Kier molecular flexibility index (Phi) is 9.10. The Morgan fingerprint density at radius 2 is 1.85 bits per heavy atom. The Labute approximate surface area is 200 Å². The third kappa shape index (κ3) is 7.11. The first kappa shape index (κ1) is 24.8. The van der Waals surface area contributed by atoms with Gasteiger partial charge >= 0.3 is 0 Å². The number of para-hydroxylation sites is 1. The van der Waals surface area contributed by atoms with Gasteiger partial charge in [-0.3, -0.25) is 9.59 Å². The smallest absolute Gasteiger partial charge is 0.262 e. The minimum Gasteiger partial charge on any atom is -0.490 e. The predicted octanol–water partition coefficient (Wildman–Crippen LogP) is 4.70. The molecule has 2 atom stereocenters. The van der Waals surface area contributed by atoms with Gasteiger partial charge in [0.05, 0.1) is 6.61 Å². The van der Waals surface area contributed by atoms with Crippen molar-refractivity contribution in [3.8, 4) is 17.6 Å². The number of nitriles is 1. The molecule has 7 nitrogen and oxygen atoms in total. The van der Waals surface area contributed by atoms with Gasteiger partial charge in [0.25, 0.3) is 11.8 Å². The molecule has 7 heteroatoms. The molecule has 178 valence electrons. The van der Waals surface area contributed by atoms with Gasteiger partial charge < -0.3 is 20.1 Å². The molecule has 1 aliphatic rings. The van der Waals surface area contributed by atoms with Crippen LogP contribution in [-0.4, -0.2) is 31.1 Å². The van der Waals surface area contributed by atoms with E-state index in [0.717, 1.165) is 19.3 Å². The maximum Gasteiger partial charge on any atom is 0.262 e. The molecular weight excluding hydrogens is 430 g/mol. The molecule has 0 radical (unpaired) electrons. The summed E-state index contributed by atoms with van der Waals surface area (Å²) in [6.07, 6.45) is 5.82. The highest BCUT2D eigenvalue weighted by molar-refractivity contribution is 6.02. The van der Waals surface area contributed by atoms with Gasteiger partial charge in [-0.05, 0) is 61.6 Å². The number of rotatable bonds is 9. The van der Waals surface area contributed by atoms with Crippen molar-refractivity contribution in [2.24, 2.45) is 5.92 Å². The topological polar surface area (TPSA) is 100 Å². The van der Waals surface area contributed by atoms with Crippen LogP contribution < -0.4 is 20.1 Å². The molecule has 2 amide bonds. The summed E-state index contributed by atoms with van der Waals surface area (Å²) in [5.74, 6) is 0.580. The average molecular weight is 462 g/mol. The first-order chi connectivity index (χ1) is 16.5. The van der Waals surface area contributed by atoms with Gasteiger partial charge in [0.15, 0.2) is 18.1 Å². The highest BCUT2D eigenvalue weighted by Crippen LogP contribution is 2.30. The summed E-state index contributed by atoms with van der Waals surface area (Å²) in [5, 5.41) is 15.3. The Hall–Kier alpha value is -3.79. The van der Waals surface area contributed by atoms with E-state index in [1.807, 2.05) is 31.2 Å². The Balaban J connectivity index is 1.68. The zero-order valence-corrected chi connectivity index (χ0v) is 19.7. The zero-order chi connectivity index (χ0) is 24.3. The van der Waals surface area contributed by atoms with Gasteiger partial charge in [0, 0.05) is 11.7 Å². The molecule has 0 aromatic heterocycles. The maximum atomic E-state index is 12.7. The summed E-state index contributed by atoms with van der Waals surface area (Å²) < 4.78 is 11.3. The highest BCUT2D eigenvalue weighted by atomic mass is 16.5. The fourth-order valence-corrected chi connectivity index (χ4v) is 3.96. The minimum atomic E-state index is -0.364. The van der Waals surface area contributed by atoms with E-state index in [2.05, 4.69) is 17.6 Å². The summed E-state index contributed by atoms with van der Waals surface area (Å²) in [5.41, 5.74) is 1.36. The second kappa shape index (κ2) is 12.4. The van der Waals surface area contributed by atoms with Gasteiger partial charge in [-0.15, -0.1) is 0 Å². The normalized spacial score (nSPS) is 17.9. The molecule has 2 N–H and O–H groups in total. The zero-order valence-electron chi connectivity index (χ0n) is 19.7. The minimum absolute atomic E-state index is 0.0381. The van der Waals surface area contributed by atoms with E-state index >= 15 is 0 Å². The SMILES string of the molecule is CCOc1cc(C=C(C#N)C(=O)NC2CCCCC2C)ccc1OCC(=O)Nc1ccccc1. The lowest BCUT2D eigenvalue weighted by Crippen LogP contribution is -2.41. The van der Waals surface area contributed by atoms with E-state index in [1.54, 1.807) is 30.3 Å². The number of carbonyl (C=O) groups is 2. The number of hydrogen-bond donors (Lipinski definition) is 2. The van der Waals surface area contributed by atoms with Crippen molar-refractivity contribution in [3.63, 3.8) is 0 Å². The molecule has 0 heterocycles. The van der Waals surface area contributed by atoms with Crippen LogP contribution in [0.3, 0.4) is 0 Å². The Morgan fingerprint density at radius 3 is 2.56 bits per heavy atom. The summed E-state index contributed by atoms with van der Waals surface area (Å²) in [4.78, 5) is 24.9. The fraction of sp³-hybridized carbons (Fsp3) is 0.370. The number of nitrogens with zero attached hydrogens (tertiary/aromatic N) is 1. The van der Waals surface area contributed by atoms with Crippen LogP contribution in [0.25, 0.3) is 6.08 Å². The van der Waals surface area contributed by atoms with Crippen molar-refractivity contribution in [1.82, 2.24) is 5.32 Å². The van der Waals surface area contributed by atoms with Gasteiger partial charge in [0.2, 0.25) is 0 Å². The van der Waals surface area contributed by atoms with Crippen LogP contribution in [0, 0.1) is 17.2 Å². The molecule has 2 aromatic carbocycles. The van der Waals surface area contributed by atoms with E-state index in [4.69, 9.17) is 9.47 Å². The van der Waals surface area contributed by atoms with E-state index < -0.39 is 0 Å². The van der Waals surface area contributed by atoms with Gasteiger partial charge in [-0.2, -0.15) is 5.26 Å². The van der Waals surface area contributed by atoms with Crippen LogP contribution in [0.1, 0.15) is 45.1 Å². The second-order valence-corrected chi connectivity index (χ2v) is 8.35. The largest absolute Gasteiger partial charge is 0.490 e. The molecule has 1 aliphatic carbocycles. The van der Waals surface area contributed by atoms with E-state index in [0.29, 0.717) is 35.3 Å². The summed E-state index contributed by atoms with van der Waals surface area (Å²) >= 11 is 0. The number of benzene rings is 2. The van der Waals surface area contributed by atoms with Crippen LogP contribution in [0.15, 0.2) is 54.1 Å². The number of anilines is 1. The van der Waals surface area contributed by atoms with Crippen LogP contribution >= 0.6 is 0 Å². The predicted molar refractivity (Wildman–Crippen MR) is 131 cm³/mol. The van der Waals surface area contributed by atoms with E-state index in [1.165, 1.54) is 12.5 Å². The lowest BCUT2D eigenvalue weighted by Gasteiger charge is -2.29. The van der Waals surface area contributed by atoms with Gasteiger partial charge in [-0.25, -0.2) is 0 Å². The number of nitrogens with one attached hydrogen (secondary N) is 2. The molecule has 3 rings (SSSR count). The van der Waals surface area contributed by atoms with Gasteiger partial charge in [0.1, 0.15) is 11.6 Å². The Bertz CT molecular complexity index is 1060. The number of hydrogen-bond acceptors (Lipinski definition) is 5. The van der Waals surface area contributed by atoms with Crippen molar-refractivity contribution < 1.29 is 19.1 Å².